The molecular weight excluding hydrogens is 254 g/mol. The molecule has 0 saturated carbocycles. The highest BCUT2D eigenvalue weighted by Gasteiger charge is 2.24. The first kappa shape index (κ1) is 14.7. The SMILES string of the molecule is CCC(CN)C(=O)NC1CCN(c2ncccn2)CC1. The van der Waals surface area contributed by atoms with E-state index in [-0.39, 0.29) is 17.9 Å². The van der Waals surface area contributed by atoms with Gasteiger partial charge in [-0.05, 0) is 25.3 Å². The van der Waals surface area contributed by atoms with Crippen LogP contribution in [0.4, 0.5) is 5.95 Å². The minimum atomic E-state index is -0.0644. The first-order valence-electron chi connectivity index (χ1n) is 7.27. The van der Waals surface area contributed by atoms with Gasteiger partial charge in [-0.2, -0.15) is 0 Å². The van der Waals surface area contributed by atoms with Crippen LogP contribution >= 0.6 is 0 Å². The maximum atomic E-state index is 12.0. The number of carbonyl (C=O) groups excluding carboxylic acids is 1. The summed E-state index contributed by atoms with van der Waals surface area (Å²) in [6.07, 6.45) is 6.14. The van der Waals surface area contributed by atoms with Gasteiger partial charge in [0.25, 0.3) is 0 Å². The van der Waals surface area contributed by atoms with Crippen molar-refractivity contribution in [2.24, 2.45) is 11.7 Å². The van der Waals surface area contributed by atoms with E-state index in [0.29, 0.717) is 6.54 Å². The molecule has 2 heterocycles. The molecule has 3 N–H and O–H groups in total. The molecular formula is C14H23N5O. The fraction of sp³-hybridized carbons (Fsp3) is 0.643. The predicted octanol–water partition coefficient (Wildman–Crippen LogP) is 0.547. The Labute approximate surface area is 119 Å². The van der Waals surface area contributed by atoms with E-state index in [2.05, 4.69) is 20.2 Å². The van der Waals surface area contributed by atoms with Gasteiger partial charge >= 0.3 is 0 Å². The topological polar surface area (TPSA) is 84.1 Å². The zero-order chi connectivity index (χ0) is 14.4. The largest absolute Gasteiger partial charge is 0.353 e. The number of rotatable bonds is 5. The van der Waals surface area contributed by atoms with Crippen LogP contribution in [0.2, 0.25) is 0 Å². The Balaban J connectivity index is 1.81. The summed E-state index contributed by atoms with van der Waals surface area (Å²) in [4.78, 5) is 22.7. The maximum absolute atomic E-state index is 12.0. The number of amides is 1. The quantitative estimate of drug-likeness (QED) is 0.821. The lowest BCUT2D eigenvalue weighted by Gasteiger charge is -2.32. The van der Waals surface area contributed by atoms with Crippen molar-refractivity contribution < 1.29 is 4.79 Å². The summed E-state index contributed by atoms with van der Waals surface area (Å²) >= 11 is 0. The Morgan fingerprint density at radius 3 is 2.65 bits per heavy atom. The minimum absolute atomic E-state index is 0.0644. The molecule has 1 saturated heterocycles. The lowest BCUT2D eigenvalue weighted by atomic mass is 10.0. The van der Waals surface area contributed by atoms with E-state index in [0.717, 1.165) is 38.3 Å². The molecule has 6 heteroatoms. The molecule has 2 rings (SSSR count). The van der Waals surface area contributed by atoms with Crippen LogP contribution in [-0.4, -0.2) is 41.6 Å². The van der Waals surface area contributed by atoms with E-state index >= 15 is 0 Å². The molecule has 0 aromatic carbocycles. The molecule has 0 radical (unpaired) electrons. The van der Waals surface area contributed by atoms with Gasteiger partial charge in [0, 0.05) is 44.0 Å². The van der Waals surface area contributed by atoms with Crippen LogP contribution in [-0.2, 0) is 4.79 Å². The van der Waals surface area contributed by atoms with Crippen molar-refractivity contribution in [1.29, 1.82) is 0 Å². The van der Waals surface area contributed by atoms with Gasteiger partial charge in [0.05, 0.1) is 0 Å². The van der Waals surface area contributed by atoms with Crippen molar-refractivity contribution in [2.45, 2.75) is 32.2 Å². The van der Waals surface area contributed by atoms with Crippen molar-refractivity contribution in [3.63, 3.8) is 0 Å². The Kier molecular flexibility index (Phi) is 5.29. The first-order valence-corrected chi connectivity index (χ1v) is 7.27. The van der Waals surface area contributed by atoms with Gasteiger partial charge in [0.2, 0.25) is 11.9 Å². The summed E-state index contributed by atoms with van der Waals surface area (Å²) < 4.78 is 0. The summed E-state index contributed by atoms with van der Waals surface area (Å²) in [5.41, 5.74) is 5.60. The number of hydrogen-bond acceptors (Lipinski definition) is 5. The lowest BCUT2D eigenvalue weighted by molar-refractivity contribution is -0.125. The van der Waals surface area contributed by atoms with Crippen LogP contribution in [0.1, 0.15) is 26.2 Å². The second-order valence-corrected chi connectivity index (χ2v) is 5.16. The summed E-state index contributed by atoms with van der Waals surface area (Å²) in [7, 11) is 0. The Bertz CT molecular complexity index is 413. The standard InChI is InChI=1S/C14H23N5O/c1-2-11(10-15)13(20)18-12-4-8-19(9-5-12)14-16-6-3-7-17-14/h3,6-7,11-12H,2,4-5,8-10,15H2,1H3,(H,18,20). The van der Waals surface area contributed by atoms with Crippen molar-refractivity contribution >= 4 is 11.9 Å². The fourth-order valence-corrected chi connectivity index (χ4v) is 2.46. The van der Waals surface area contributed by atoms with E-state index in [1.165, 1.54) is 0 Å². The number of nitrogens with zero attached hydrogens (tertiary/aromatic N) is 3. The lowest BCUT2D eigenvalue weighted by Crippen LogP contribution is -2.47. The number of nitrogens with two attached hydrogens (primary N) is 1. The number of carbonyl (C=O) groups is 1. The van der Waals surface area contributed by atoms with Gasteiger partial charge < -0.3 is 16.0 Å². The Morgan fingerprint density at radius 1 is 1.45 bits per heavy atom. The molecule has 1 aromatic heterocycles. The molecule has 0 aliphatic carbocycles. The van der Waals surface area contributed by atoms with Gasteiger partial charge in [-0.15, -0.1) is 0 Å². The summed E-state index contributed by atoms with van der Waals surface area (Å²) in [5.74, 6) is 0.792. The number of nitrogens with one attached hydrogen (secondary N) is 1. The molecule has 1 amide bonds. The van der Waals surface area contributed by atoms with Crippen LogP contribution in [0.15, 0.2) is 18.5 Å². The predicted molar refractivity (Wildman–Crippen MR) is 78.2 cm³/mol. The molecule has 1 fully saturated rings. The van der Waals surface area contributed by atoms with Crippen LogP contribution in [0.25, 0.3) is 0 Å². The van der Waals surface area contributed by atoms with Crippen LogP contribution in [0, 0.1) is 5.92 Å². The molecule has 1 aliphatic heterocycles. The zero-order valence-electron chi connectivity index (χ0n) is 12.0. The van der Waals surface area contributed by atoms with Crippen molar-refractivity contribution in [1.82, 2.24) is 15.3 Å². The molecule has 1 aromatic rings. The van der Waals surface area contributed by atoms with Crippen LogP contribution < -0.4 is 16.0 Å². The second-order valence-electron chi connectivity index (χ2n) is 5.16. The fourth-order valence-electron chi connectivity index (χ4n) is 2.46. The van der Waals surface area contributed by atoms with Gasteiger partial charge in [0.15, 0.2) is 0 Å². The van der Waals surface area contributed by atoms with E-state index in [9.17, 15) is 4.79 Å². The van der Waals surface area contributed by atoms with Crippen LogP contribution in [0.3, 0.4) is 0 Å². The average Bonchev–Trinajstić information content (AvgIpc) is 2.50. The monoisotopic (exact) mass is 277 g/mol. The second kappa shape index (κ2) is 7.19. The van der Waals surface area contributed by atoms with Crippen molar-refractivity contribution in [2.75, 3.05) is 24.5 Å². The molecule has 1 atom stereocenters. The normalized spacial score (nSPS) is 17.8. The Morgan fingerprint density at radius 2 is 2.10 bits per heavy atom. The number of hydrogen-bond donors (Lipinski definition) is 2. The summed E-state index contributed by atoms with van der Waals surface area (Å²) in [6, 6.07) is 2.05. The molecule has 1 unspecified atom stereocenters. The van der Waals surface area contributed by atoms with E-state index in [1.54, 1.807) is 12.4 Å². The smallest absolute Gasteiger partial charge is 0.225 e. The van der Waals surface area contributed by atoms with Crippen molar-refractivity contribution in [3.05, 3.63) is 18.5 Å². The third kappa shape index (κ3) is 3.66. The molecule has 110 valence electrons. The van der Waals surface area contributed by atoms with Gasteiger partial charge in [-0.25, -0.2) is 9.97 Å². The third-order valence-electron chi connectivity index (χ3n) is 3.82. The van der Waals surface area contributed by atoms with Crippen molar-refractivity contribution in [3.8, 4) is 0 Å². The number of piperidine rings is 1. The average molecular weight is 277 g/mol. The maximum Gasteiger partial charge on any atom is 0.225 e. The Hall–Kier alpha value is -1.69. The molecule has 0 bridgehead atoms. The van der Waals surface area contributed by atoms with E-state index < -0.39 is 0 Å². The highest BCUT2D eigenvalue weighted by atomic mass is 16.1. The number of anilines is 1. The third-order valence-corrected chi connectivity index (χ3v) is 3.82. The summed E-state index contributed by atoms with van der Waals surface area (Å²) in [5, 5.41) is 3.11. The van der Waals surface area contributed by atoms with Gasteiger partial charge in [-0.1, -0.05) is 6.92 Å². The molecule has 6 nitrogen and oxygen atoms in total. The zero-order valence-corrected chi connectivity index (χ0v) is 12.0. The minimum Gasteiger partial charge on any atom is -0.353 e. The highest BCUT2D eigenvalue weighted by Crippen LogP contribution is 2.15. The number of aromatic nitrogens is 2. The van der Waals surface area contributed by atoms with Crippen LogP contribution in [0.5, 0.6) is 0 Å². The van der Waals surface area contributed by atoms with E-state index in [1.807, 2.05) is 13.0 Å². The first-order chi connectivity index (χ1) is 9.74. The summed E-state index contributed by atoms with van der Waals surface area (Å²) in [6.45, 7) is 4.15. The molecule has 0 spiro atoms. The molecule has 1 aliphatic rings. The van der Waals surface area contributed by atoms with Gasteiger partial charge in [0.1, 0.15) is 0 Å². The van der Waals surface area contributed by atoms with E-state index in [4.69, 9.17) is 5.73 Å². The van der Waals surface area contributed by atoms with Gasteiger partial charge in [-0.3, -0.25) is 4.79 Å². The molecule has 20 heavy (non-hydrogen) atoms. The highest BCUT2D eigenvalue weighted by molar-refractivity contribution is 5.79.